The molecule has 0 saturated heterocycles. The molecule has 0 fully saturated rings. The number of nitrogens with zero attached hydrogens (tertiary/aromatic N) is 2. The largest absolute Gasteiger partial charge is 0.341 e. The molecule has 3 rings (SSSR count). The van der Waals surface area contributed by atoms with Crippen LogP contribution in [0.2, 0.25) is 0 Å². The molecule has 19 heavy (non-hydrogen) atoms. The first-order valence-corrected chi connectivity index (χ1v) is 6.83. The minimum atomic E-state index is 0.997. The van der Waals surface area contributed by atoms with Crippen LogP contribution in [0.4, 0.5) is 11.4 Å². The highest BCUT2D eigenvalue weighted by molar-refractivity contribution is 5.69. The molecule has 1 aliphatic rings. The summed E-state index contributed by atoms with van der Waals surface area (Å²) >= 11 is 0. The second kappa shape index (κ2) is 5.06. The van der Waals surface area contributed by atoms with E-state index < -0.39 is 0 Å². The second-order valence-corrected chi connectivity index (χ2v) is 5.43. The first-order chi connectivity index (χ1) is 9.24. The average Bonchev–Trinajstić information content (AvgIpc) is 2.83. The van der Waals surface area contributed by atoms with E-state index in [2.05, 4.69) is 72.4 Å². The van der Waals surface area contributed by atoms with Crippen LogP contribution in [-0.4, -0.2) is 25.5 Å². The Bertz CT molecular complexity index is 558. The minimum Gasteiger partial charge on any atom is -0.341 e. The van der Waals surface area contributed by atoms with E-state index in [1.165, 1.54) is 22.5 Å². The van der Waals surface area contributed by atoms with Gasteiger partial charge in [0.05, 0.1) is 0 Å². The predicted molar refractivity (Wildman–Crippen MR) is 81.0 cm³/mol. The topological polar surface area (TPSA) is 6.48 Å². The van der Waals surface area contributed by atoms with Crippen molar-refractivity contribution in [3.8, 4) is 0 Å². The summed E-state index contributed by atoms with van der Waals surface area (Å²) in [5, 5.41) is 0. The Morgan fingerprint density at radius 3 is 2.47 bits per heavy atom. The molecule has 0 spiro atoms. The molecular weight excluding hydrogens is 232 g/mol. The highest BCUT2D eigenvalue weighted by Gasteiger charge is 2.19. The highest BCUT2D eigenvalue weighted by Crippen LogP contribution is 2.34. The van der Waals surface area contributed by atoms with Crippen molar-refractivity contribution in [3.05, 3.63) is 59.7 Å². The molecule has 2 nitrogen and oxygen atoms in total. The van der Waals surface area contributed by atoms with E-state index in [9.17, 15) is 0 Å². The molecule has 0 N–H and O–H groups in total. The van der Waals surface area contributed by atoms with Gasteiger partial charge in [-0.3, -0.25) is 0 Å². The molecule has 0 radical (unpaired) electrons. The third kappa shape index (κ3) is 2.49. The SMILES string of the molecule is CN(C)Cc1ccc(N2CCc3ccccc32)cc1. The number of benzene rings is 2. The van der Waals surface area contributed by atoms with Crippen molar-refractivity contribution < 1.29 is 0 Å². The Morgan fingerprint density at radius 2 is 1.74 bits per heavy atom. The third-order valence-electron chi connectivity index (χ3n) is 3.63. The average molecular weight is 252 g/mol. The van der Waals surface area contributed by atoms with Gasteiger partial charge < -0.3 is 9.80 Å². The molecule has 2 heteroatoms. The first kappa shape index (κ1) is 12.2. The highest BCUT2D eigenvalue weighted by atomic mass is 15.2. The van der Waals surface area contributed by atoms with E-state index >= 15 is 0 Å². The number of hydrogen-bond donors (Lipinski definition) is 0. The zero-order valence-corrected chi connectivity index (χ0v) is 11.6. The normalized spacial score (nSPS) is 13.9. The van der Waals surface area contributed by atoms with Gasteiger partial charge in [-0.2, -0.15) is 0 Å². The Balaban J connectivity index is 1.84. The van der Waals surface area contributed by atoms with Gasteiger partial charge in [-0.15, -0.1) is 0 Å². The molecule has 0 amide bonds. The lowest BCUT2D eigenvalue weighted by Crippen LogP contribution is -2.14. The number of para-hydroxylation sites is 1. The summed E-state index contributed by atoms with van der Waals surface area (Å²) < 4.78 is 0. The van der Waals surface area contributed by atoms with Gasteiger partial charge in [-0.25, -0.2) is 0 Å². The van der Waals surface area contributed by atoms with Crippen LogP contribution in [-0.2, 0) is 13.0 Å². The maximum absolute atomic E-state index is 2.41. The van der Waals surface area contributed by atoms with Crippen LogP contribution in [0.3, 0.4) is 0 Å². The van der Waals surface area contributed by atoms with E-state index in [4.69, 9.17) is 0 Å². The number of anilines is 2. The van der Waals surface area contributed by atoms with Gasteiger partial charge in [0.1, 0.15) is 0 Å². The molecule has 0 unspecified atom stereocenters. The number of rotatable bonds is 3. The molecular formula is C17H20N2. The van der Waals surface area contributed by atoms with Crippen LogP contribution in [0.15, 0.2) is 48.5 Å². The molecule has 0 aromatic heterocycles. The van der Waals surface area contributed by atoms with E-state index in [0.717, 1.165) is 19.5 Å². The zero-order chi connectivity index (χ0) is 13.2. The molecule has 2 aromatic carbocycles. The minimum absolute atomic E-state index is 0.997. The molecule has 2 aromatic rings. The van der Waals surface area contributed by atoms with Crippen molar-refractivity contribution in [1.29, 1.82) is 0 Å². The Morgan fingerprint density at radius 1 is 1.00 bits per heavy atom. The van der Waals surface area contributed by atoms with Crippen LogP contribution in [0.5, 0.6) is 0 Å². The Labute approximate surface area is 115 Å². The molecule has 98 valence electrons. The van der Waals surface area contributed by atoms with Crippen LogP contribution in [0.1, 0.15) is 11.1 Å². The number of fused-ring (bicyclic) bond motifs is 1. The van der Waals surface area contributed by atoms with Crippen LogP contribution in [0.25, 0.3) is 0 Å². The van der Waals surface area contributed by atoms with Gasteiger partial charge in [0.15, 0.2) is 0 Å². The lowest BCUT2D eigenvalue weighted by molar-refractivity contribution is 0.402. The van der Waals surface area contributed by atoms with E-state index in [-0.39, 0.29) is 0 Å². The summed E-state index contributed by atoms with van der Waals surface area (Å²) in [6, 6.07) is 17.6. The van der Waals surface area contributed by atoms with E-state index in [1.807, 2.05) is 0 Å². The van der Waals surface area contributed by atoms with Gasteiger partial charge in [-0.05, 0) is 49.8 Å². The van der Waals surface area contributed by atoms with Crippen molar-refractivity contribution in [1.82, 2.24) is 4.90 Å². The summed E-state index contributed by atoms with van der Waals surface area (Å²) in [6.07, 6.45) is 1.15. The predicted octanol–water partition coefficient (Wildman–Crippen LogP) is 3.44. The van der Waals surface area contributed by atoms with Gasteiger partial charge in [-0.1, -0.05) is 30.3 Å². The maximum Gasteiger partial charge on any atom is 0.0444 e. The monoisotopic (exact) mass is 252 g/mol. The molecule has 0 bridgehead atoms. The van der Waals surface area contributed by atoms with Gasteiger partial charge in [0, 0.05) is 24.5 Å². The Kier molecular flexibility index (Phi) is 3.26. The molecule has 0 saturated carbocycles. The third-order valence-corrected chi connectivity index (χ3v) is 3.63. The van der Waals surface area contributed by atoms with Crippen LogP contribution < -0.4 is 4.90 Å². The van der Waals surface area contributed by atoms with Crippen molar-refractivity contribution >= 4 is 11.4 Å². The fraction of sp³-hybridized carbons (Fsp3) is 0.294. The van der Waals surface area contributed by atoms with Gasteiger partial charge in [0.2, 0.25) is 0 Å². The van der Waals surface area contributed by atoms with Crippen molar-refractivity contribution in [2.45, 2.75) is 13.0 Å². The lowest BCUT2D eigenvalue weighted by Gasteiger charge is -2.20. The van der Waals surface area contributed by atoms with E-state index in [0.29, 0.717) is 0 Å². The molecule has 0 aliphatic carbocycles. The fourth-order valence-electron chi connectivity index (χ4n) is 2.75. The standard InChI is InChI=1S/C17H20N2/c1-18(2)13-14-7-9-16(10-8-14)19-12-11-15-5-3-4-6-17(15)19/h3-10H,11-13H2,1-2H3. The van der Waals surface area contributed by atoms with Gasteiger partial charge >= 0.3 is 0 Å². The fourth-order valence-corrected chi connectivity index (χ4v) is 2.75. The van der Waals surface area contributed by atoms with Crippen LogP contribution in [0, 0.1) is 0 Å². The summed E-state index contributed by atoms with van der Waals surface area (Å²) in [7, 11) is 4.20. The lowest BCUT2D eigenvalue weighted by atomic mass is 10.1. The van der Waals surface area contributed by atoms with Crippen molar-refractivity contribution in [3.63, 3.8) is 0 Å². The summed E-state index contributed by atoms with van der Waals surface area (Å²) in [6.45, 7) is 2.09. The summed E-state index contributed by atoms with van der Waals surface area (Å²) in [5.41, 5.74) is 5.48. The molecule has 1 aliphatic heterocycles. The first-order valence-electron chi connectivity index (χ1n) is 6.83. The maximum atomic E-state index is 2.41. The van der Waals surface area contributed by atoms with Crippen molar-refractivity contribution in [2.24, 2.45) is 0 Å². The van der Waals surface area contributed by atoms with Crippen LogP contribution >= 0.6 is 0 Å². The smallest absolute Gasteiger partial charge is 0.0444 e. The molecule has 0 atom stereocenters. The van der Waals surface area contributed by atoms with Gasteiger partial charge in [0.25, 0.3) is 0 Å². The summed E-state index contributed by atoms with van der Waals surface area (Å²) in [5.74, 6) is 0. The second-order valence-electron chi connectivity index (χ2n) is 5.43. The molecule has 1 heterocycles. The number of hydrogen-bond acceptors (Lipinski definition) is 2. The quantitative estimate of drug-likeness (QED) is 0.825. The Hall–Kier alpha value is -1.80. The summed E-state index contributed by atoms with van der Waals surface area (Å²) in [4.78, 5) is 4.61. The van der Waals surface area contributed by atoms with Crippen molar-refractivity contribution in [2.75, 3.05) is 25.5 Å². The van der Waals surface area contributed by atoms with E-state index in [1.54, 1.807) is 0 Å². The zero-order valence-electron chi connectivity index (χ0n) is 11.6.